The Morgan fingerprint density at radius 1 is 1.16 bits per heavy atom. The van der Waals surface area contributed by atoms with Gasteiger partial charge in [0, 0.05) is 10.6 Å². The third kappa shape index (κ3) is 3.78. The van der Waals surface area contributed by atoms with E-state index >= 15 is 0 Å². The minimum absolute atomic E-state index is 0.0430. The molecule has 0 spiro atoms. The second kappa shape index (κ2) is 7.82. The Kier molecular flexibility index (Phi) is 5.54. The lowest BCUT2D eigenvalue weighted by atomic mass is 9.83. The normalized spacial score (nSPS) is 14.4. The summed E-state index contributed by atoms with van der Waals surface area (Å²) in [6, 6.07) is 11.3. The van der Waals surface area contributed by atoms with Gasteiger partial charge in [0.25, 0.3) is 0 Å². The molecule has 32 heavy (non-hydrogen) atoms. The van der Waals surface area contributed by atoms with Gasteiger partial charge in [-0.2, -0.15) is 5.10 Å². The zero-order valence-electron chi connectivity index (χ0n) is 19.0. The van der Waals surface area contributed by atoms with Crippen molar-refractivity contribution in [3.8, 4) is 22.7 Å². The number of rotatable bonds is 3. The van der Waals surface area contributed by atoms with E-state index in [1.165, 1.54) is 0 Å². The van der Waals surface area contributed by atoms with E-state index in [1.807, 2.05) is 19.9 Å². The molecule has 5 nitrogen and oxygen atoms in total. The van der Waals surface area contributed by atoms with Crippen LogP contribution in [-0.2, 0) is 15.8 Å². The van der Waals surface area contributed by atoms with Crippen molar-refractivity contribution in [2.24, 2.45) is 0 Å². The SMILES string of the molecule is CCOC(=O)c1nn(-c2ccc(Cl)cc2Cl)c2c1C(C)(C)Oc1cc(C(C)(C)C)ccc1-2. The Hall–Kier alpha value is -2.50. The molecule has 7 heteroatoms. The van der Waals surface area contributed by atoms with Gasteiger partial charge in [0.05, 0.1) is 28.6 Å². The molecule has 4 rings (SSSR count). The van der Waals surface area contributed by atoms with Gasteiger partial charge < -0.3 is 9.47 Å². The van der Waals surface area contributed by atoms with Crippen molar-refractivity contribution in [2.75, 3.05) is 6.61 Å². The molecular weight excluding hydrogens is 447 g/mol. The van der Waals surface area contributed by atoms with Crippen LogP contribution in [0.1, 0.15) is 63.2 Å². The number of fused-ring (bicyclic) bond motifs is 3. The number of carbonyl (C=O) groups is 1. The van der Waals surface area contributed by atoms with Gasteiger partial charge in [-0.1, -0.05) is 50.0 Å². The van der Waals surface area contributed by atoms with E-state index in [4.69, 9.17) is 32.7 Å². The summed E-state index contributed by atoms with van der Waals surface area (Å²) in [5.74, 6) is 0.232. The molecule has 0 fully saturated rings. The molecule has 2 heterocycles. The summed E-state index contributed by atoms with van der Waals surface area (Å²) in [6.07, 6.45) is 0. The summed E-state index contributed by atoms with van der Waals surface area (Å²) in [5, 5.41) is 5.62. The summed E-state index contributed by atoms with van der Waals surface area (Å²) in [4.78, 5) is 12.9. The standard InChI is InChI=1S/C25H26Cl2N2O3/c1-7-31-23(30)21-20-22(29(28-21)18-11-9-15(26)13-17(18)27)16-10-8-14(24(2,3)4)12-19(16)32-25(20,5)6/h8-13H,7H2,1-6H3. The molecular formula is C25H26Cl2N2O3. The molecule has 168 valence electrons. The molecule has 0 N–H and O–H groups in total. The van der Waals surface area contributed by atoms with Crippen molar-refractivity contribution in [3.63, 3.8) is 0 Å². The molecule has 1 aromatic heterocycles. The summed E-state index contributed by atoms with van der Waals surface area (Å²) in [6.45, 7) is 12.3. The van der Waals surface area contributed by atoms with Gasteiger partial charge in [-0.25, -0.2) is 9.48 Å². The Morgan fingerprint density at radius 3 is 2.50 bits per heavy atom. The minimum Gasteiger partial charge on any atom is -0.482 e. The topological polar surface area (TPSA) is 53.3 Å². The van der Waals surface area contributed by atoms with Crippen molar-refractivity contribution in [1.29, 1.82) is 0 Å². The predicted molar refractivity (Wildman–Crippen MR) is 127 cm³/mol. The Morgan fingerprint density at radius 2 is 1.88 bits per heavy atom. The van der Waals surface area contributed by atoms with Crippen molar-refractivity contribution in [1.82, 2.24) is 9.78 Å². The maximum absolute atomic E-state index is 12.9. The van der Waals surface area contributed by atoms with Crippen LogP contribution < -0.4 is 4.74 Å². The summed E-state index contributed by atoms with van der Waals surface area (Å²) in [5.41, 5.74) is 3.37. The highest BCUT2D eigenvalue weighted by atomic mass is 35.5. The quantitative estimate of drug-likeness (QED) is 0.387. The molecule has 3 aromatic rings. The van der Waals surface area contributed by atoms with Crippen molar-refractivity contribution >= 4 is 29.2 Å². The van der Waals surface area contributed by atoms with Gasteiger partial charge in [-0.3, -0.25) is 0 Å². The first kappa shape index (κ1) is 22.7. The lowest BCUT2D eigenvalue weighted by molar-refractivity contribution is 0.0500. The molecule has 0 bridgehead atoms. The minimum atomic E-state index is -0.821. The first-order valence-corrected chi connectivity index (χ1v) is 11.3. The number of esters is 1. The van der Waals surface area contributed by atoms with Crippen molar-refractivity contribution in [2.45, 2.75) is 52.6 Å². The second-order valence-corrected chi connectivity index (χ2v) is 10.2. The van der Waals surface area contributed by atoms with Crippen LogP contribution in [0, 0.1) is 0 Å². The lowest BCUT2D eigenvalue weighted by Crippen LogP contribution is -2.31. The fourth-order valence-corrected chi connectivity index (χ4v) is 4.49. The third-order valence-electron chi connectivity index (χ3n) is 5.56. The highest BCUT2D eigenvalue weighted by molar-refractivity contribution is 6.35. The Labute approximate surface area is 198 Å². The van der Waals surface area contributed by atoms with E-state index in [9.17, 15) is 4.79 Å². The van der Waals surface area contributed by atoms with E-state index in [1.54, 1.807) is 29.8 Å². The van der Waals surface area contributed by atoms with Crippen LogP contribution in [0.3, 0.4) is 0 Å². The molecule has 0 radical (unpaired) electrons. The van der Waals surface area contributed by atoms with Crippen LogP contribution in [0.15, 0.2) is 36.4 Å². The highest BCUT2D eigenvalue weighted by Crippen LogP contribution is 2.49. The Balaban J connectivity index is 2.06. The molecule has 0 unspecified atom stereocenters. The number of hydrogen-bond donors (Lipinski definition) is 0. The van der Waals surface area contributed by atoms with E-state index in [-0.39, 0.29) is 17.7 Å². The van der Waals surface area contributed by atoms with Crippen LogP contribution in [0.4, 0.5) is 0 Å². The van der Waals surface area contributed by atoms with Crippen molar-refractivity contribution in [3.05, 3.63) is 63.3 Å². The van der Waals surface area contributed by atoms with Crippen LogP contribution in [0.25, 0.3) is 16.9 Å². The molecule has 0 aliphatic carbocycles. The van der Waals surface area contributed by atoms with E-state index in [2.05, 4.69) is 38.0 Å². The molecule has 1 aliphatic heterocycles. The third-order valence-corrected chi connectivity index (χ3v) is 6.10. The van der Waals surface area contributed by atoms with Gasteiger partial charge >= 0.3 is 5.97 Å². The fourth-order valence-electron chi connectivity index (χ4n) is 4.00. The Bertz CT molecular complexity index is 1220. The average molecular weight is 473 g/mol. The van der Waals surface area contributed by atoms with E-state index in [0.29, 0.717) is 21.3 Å². The largest absolute Gasteiger partial charge is 0.482 e. The molecule has 1 aliphatic rings. The van der Waals surface area contributed by atoms with Crippen LogP contribution in [-0.4, -0.2) is 22.4 Å². The average Bonchev–Trinajstić information content (AvgIpc) is 3.08. The van der Waals surface area contributed by atoms with Crippen LogP contribution >= 0.6 is 23.2 Å². The van der Waals surface area contributed by atoms with Crippen molar-refractivity contribution < 1.29 is 14.3 Å². The fraction of sp³-hybridized carbons (Fsp3) is 0.360. The number of ether oxygens (including phenoxy) is 2. The summed E-state index contributed by atoms with van der Waals surface area (Å²) < 4.78 is 13.4. The maximum Gasteiger partial charge on any atom is 0.359 e. The van der Waals surface area contributed by atoms with Gasteiger partial charge in [-0.05, 0) is 62.1 Å². The maximum atomic E-state index is 12.9. The van der Waals surface area contributed by atoms with Gasteiger partial charge in [0.2, 0.25) is 0 Å². The van der Waals surface area contributed by atoms with Gasteiger partial charge in [0.1, 0.15) is 11.4 Å². The molecule has 0 saturated carbocycles. The molecule has 0 saturated heterocycles. The number of hydrogen-bond acceptors (Lipinski definition) is 4. The number of carbonyl (C=O) groups excluding carboxylic acids is 1. The van der Waals surface area contributed by atoms with E-state index < -0.39 is 11.6 Å². The molecule has 2 aromatic carbocycles. The molecule has 0 amide bonds. The smallest absolute Gasteiger partial charge is 0.359 e. The summed E-state index contributed by atoms with van der Waals surface area (Å²) >= 11 is 12.7. The monoisotopic (exact) mass is 472 g/mol. The first-order chi connectivity index (χ1) is 14.9. The molecule has 0 atom stereocenters. The number of nitrogens with zero attached hydrogens (tertiary/aromatic N) is 2. The second-order valence-electron chi connectivity index (χ2n) is 9.37. The predicted octanol–water partition coefficient (Wildman–Crippen LogP) is 6.95. The summed E-state index contributed by atoms with van der Waals surface area (Å²) in [7, 11) is 0. The van der Waals surface area contributed by atoms with Crippen LogP contribution in [0.2, 0.25) is 10.0 Å². The lowest BCUT2D eigenvalue weighted by Gasteiger charge is -2.34. The zero-order chi connectivity index (χ0) is 23.4. The van der Waals surface area contributed by atoms with Crippen LogP contribution in [0.5, 0.6) is 5.75 Å². The van der Waals surface area contributed by atoms with Gasteiger partial charge in [-0.15, -0.1) is 0 Å². The number of halogens is 2. The number of benzene rings is 2. The highest BCUT2D eigenvalue weighted by Gasteiger charge is 2.42. The van der Waals surface area contributed by atoms with E-state index in [0.717, 1.165) is 22.6 Å². The van der Waals surface area contributed by atoms with Gasteiger partial charge in [0.15, 0.2) is 5.69 Å². The zero-order valence-corrected chi connectivity index (χ0v) is 20.6. The number of aromatic nitrogens is 2. The first-order valence-electron chi connectivity index (χ1n) is 10.5.